The zero-order valence-corrected chi connectivity index (χ0v) is 14.2. The van der Waals surface area contributed by atoms with Gasteiger partial charge in [0.15, 0.2) is 11.4 Å². The molecule has 0 aromatic carbocycles. The third kappa shape index (κ3) is 3.93. The molecule has 1 aliphatic carbocycles. The molecule has 0 amide bonds. The van der Waals surface area contributed by atoms with E-state index < -0.39 is 17.5 Å². The smallest absolute Gasteiger partial charge is 0.190 e. The Morgan fingerprint density at radius 3 is 2.83 bits per heavy atom. The number of carbonyl (C=O) groups excluding carboxylic acids is 1. The molecule has 1 aliphatic heterocycles. The van der Waals surface area contributed by atoms with Crippen molar-refractivity contribution >= 4 is 5.78 Å². The largest absolute Gasteiger partial charge is 0.465 e. The number of ketones is 1. The first-order valence-electron chi connectivity index (χ1n) is 7.98. The maximum absolute atomic E-state index is 11.9. The van der Waals surface area contributed by atoms with Crippen LogP contribution in [0.3, 0.4) is 0 Å². The van der Waals surface area contributed by atoms with Gasteiger partial charge in [-0.1, -0.05) is 24.6 Å². The van der Waals surface area contributed by atoms with Crippen LogP contribution in [-0.4, -0.2) is 39.4 Å². The minimum absolute atomic E-state index is 0.158. The maximum Gasteiger partial charge on any atom is 0.190 e. The Bertz CT molecular complexity index is 661. The molecule has 2 aliphatic rings. The summed E-state index contributed by atoms with van der Waals surface area (Å²) in [5, 5.41) is 29.1. The molecule has 0 saturated carbocycles. The van der Waals surface area contributed by atoms with E-state index in [2.05, 4.69) is 6.08 Å². The summed E-state index contributed by atoms with van der Waals surface area (Å²) in [5.41, 5.74) is 0.134. The normalized spacial score (nSPS) is 28.8. The van der Waals surface area contributed by atoms with Crippen molar-refractivity contribution in [3.05, 3.63) is 59.1 Å². The fourth-order valence-electron chi connectivity index (χ4n) is 2.63. The standard InChI is InChI=1S/C19H24O5/c1-12(8-13(2)6-7-20)4-5-15-9-14-10-17(21)19(3,23)18(22)16(14)11-24-15/h4-5,8-11,13,18,20,22-23H,6-7H2,1-3H3/b5-4+,12-8+/t13-,18+,19-/m0/s1. The van der Waals surface area contributed by atoms with E-state index in [9.17, 15) is 15.0 Å². The van der Waals surface area contributed by atoms with Gasteiger partial charge in [-0.25, -0.2) is 0 Å². The Morgan fingerprint density at radius 2 is 2.17 bits per heavy atom. The van der Waals surface area contributed by atoms with Crippen LogP contribution in [0.15, 0.2) is 59.1 Å². The summed E-state index contributed by atoms with van der Waals surface area (Å²) in [4.78, 5) is 11.9. The highest BCUT2D eigenvalue weighted by Crippen LogP contribution is 2.34. The fraction of sp³-hybridized carbons (Fsp3) is 0.421. The molecular weight excluding hydrogens is 308 g/mol. The molecule has 1 heterocycles. The molecule has 0 spiro atoms. The van der Waals surface area contributed by atoms with Crippen molar-refractivity contribution in [2.45, 2.75) is 38.9 Å². The van der Waals surface area contributed by atoms with Crippen molar-refractivity contribution < 1.29 is 24.9 Å². The zero-order valence-electron chi connectivity index (χ0n) is 14.2. The molecule has 0 unspecified atom stereocenters. The zero-order chi connectivity index (χ0) is 17.9. The minimum atomic E-state index is -1.83. The van der Waals surface area contributed by atoms with Crippen molar-refractivity contribution in [1.29, 1.82) is 0 Å². The van der Waals surface area contributed by atoms with Crippen LogP contribution in [0.5, 0.6) is 0 Å². The molecule has 0 saturated heterocycles. The first kappa shape index (κ1) is 18.4. The first-order valence-corrected chi connectivity index (χ1v) is 7.98. The predicted octanol–water partition coefficient (Wildman–Crippen LogP) is 1.93. The Kier molecular flexibility index (Phi) is 5.59. The van der Waals surface area contributed by atoms with Crippen molar-refractivity contribution in [3.63, 3.8) is 0 Å². The molecule has 0 bridgehead atoms. The Labute approximate surface area is 142 Å². The molecule has 0 fully saturated rings. The average Bonchev–Trinajstić information content (AvgIpc) is 2.51. The van der Waals surface area contributed by atoms with Gasteiger partial charge in [-0.2, -0.15) is 0 Å². The number of hydrogen-bond donors (Lipinski definition) is 3. The molecule has 2 rings (SSSR count). The summed E-state index contributed by atoms with van der Waals surface area (Å²) in [6, 6.07) is 0. The van der Waals surface area contributed by atoms with Crippen molar-refractivity contribution in [2.75, 3.05) is 6.61 Å². The van der Waals surface area contributed by atoms with Gasteiger partial charge >= 0.3 is 0 Å². The predicted molar refractivity (Wildman–Crippen MR) is 90.7 cm³/mol. The van der Waals surface area contributed by atoms with E-state index in [1.165, 1.54) is 19.3 Å². The Hall–Kier alpha value is -1.95. The number of carbonyl (C=O) groups is 1. The van der Waals surface area contributed by atoms with Crippen LogP contribution in [0.25, 0.3) is 0 Å². The van der Waals surface area contributed by atoms with Gasteiger partial charge in [-0.15, -0.1) is 0 Å². The van der Waals surface area contributed by atoms with E-state index in [0.717, 1.165) is 5.57 Å². The van der Waals surface area contributed by atoms with E-state index in [1.807, 2.05) is 19.9 Å². The van der Waals surface area contributed by atoms with Crippen LogP contribution in [0.1, 0.15) is 27.2 Å². The molecule has 0 aromatic heterocycles. The second-order valence-electron chi connectivity index (χ2n) is 6.49. The molecule has 0 aromatic rings. The van der Waals surface area contributed by atoms with Gasteiger partial charge in [0, 0.05) is 12.2 Å². The summed E-state index contributed by atoms with van der Waals surface area (Å²) < 4.78 is 5.47. The molecule has 0 radical (unpaired) electrons. The lowest BCUT2D eigenvalue weighted by Crippen LogP contribution is -2.50. The third-order valence-electron chi connectivity index (χ3n) is 4.21. The van der Waals surface area contributed by atoms with Gasteiger partial charge in [0.25, 0.3) is 0 Å². The van der Waals surface area contributed by atoms with Crippen LogP contribution in [-0.2, 0) is 9.53 Å². The second kappa shape index (κ2) is 7.30. The fourth-order valence-corrected chi connectivity index (χ4v) is 2.63. The Morgan fingerprint density at radius 1 is 1.46 bits per heavy atom. The highest BCUT2D eigenvalue weighted by molar-refractivity contribution is 6.01. The second-order valence-corrected chi connectivity index (χ2v) is 6.49. The highest BCUT2D eigenvalue weighted by atomic mass is 16.5. The van der Waals surface area contributed by atoms with Crippen LogP contribution < -0.4 is 0 Å². The lowest BCUT2D eigenvalue weighted by atomic mass is 9.79. The molecule has 24 heavy (non-hydrogen) atoms. The monoisotopic (exact) mass is 332 g/mol. The summed E-state index contributed by atoms with van der Waals surface area (Å²) in [6.07, 6.45) is 9.46. The number of allylic oxidation sites excluding steroid dienone is 5. The van der Waals surface area contributed by atoms with Crippen molar-refractivity contribution in [3.8, 4) is 0 Å². The van der Waals surface area contributed by atoms with E-state index in [0.29, 0.717) is 23.3 Å². The van der Waals surface area contributed by atoms with E-state index in [1.54, 1.807) is 12.2 Å². The topological polar surface area (TPSA) is 87.0 Å². The van der Waals surface area contributed by atoms with Gasteiger partial charge in [0.2, 0.25) is 0 Å². The first-order chi connectivity index (χ1) is 11.3. The van der Waals surface area contributed by atoms with Crippen molar-refractivity contribution in [1.82, 2.24) is 0 Å². The van der Waals surface area contributed by atoms with Crippen LogP contribution in [0.4, 0.5) is 0 Å². The number of hydrogen-bond acceptors (Lipinski definition) is 5. The number of ether oxygens (including phenoxy) is 1. The number of aliphatic hydroxyl groups excluding tert-OH is 2. The van der Waals surface area contributed by atoms with Gasteiger partial charge in [0.1, 0.15) is 11.9 Å². The van der Waals surface area contributed by atoms with E-state index in [4.69, 9.17) is 9.84 Å². The number of rotatable bonds is 5. The molecule has 5 nitrogen and oxygen atoms in total. The van der Waals surface area contributed by atoms with E-state index in [-0.39, 0.29) is 12.5 Å². The molecule has 130 valence electrons. The quantitative estimate of drug-likeness (QED) is 0.670. The SMILES string of the molecule is CC(/C=C/C1=CC2=CC(=O)[C@](C)(O)[C@H](O)C2=CO1)=C\[C@@H](C)CCO. The summed E-state index contributed by atoms with van der Waals surface area (Å²) in [5.74, 6) is 0.287. The third-order valence-corrected chi connectivity index (χ3v) is 4.21. The summed E-state index contributed by atoms with van der Waals surface area (Å²) in [7, 11) is 0. The number of aliphatic hydroxyl groups is 3. The average molecular weight is 332 g/mol. The van der Waals surface area contributed by atoms with Gasteiger partial charge in [-0.3, -0.25) is 4.79 Å². The number of fused-ring (bicyclic) bond motifs is 1. The molecular formula is C19H24O5. The molecule has 3 N–H and O–H groups in total. The highest BCUT2D eigenvalue weighted by Gasteiger charge is 2.44. The van der Waals surface area contributed by atoms with E-state index >= 15 is 0 Å². The van der Waals surface area contributed by atoms with Gasteiger partial charge < -0.3 is 20.1 Å². The lowest BCUT2D eigenvalue weighted by molar-refractivity contribution is -0.140. The maximum atomic E-state index is 11.9. The van der Waals surface area contributed by atoms with Crippen LogP contribution >= 0.6 is 0 Å². The van der Waals surface area contributed by atoms with Gasteiger partial charge in [0.05, 0.1) is 6.26 Å². The van der Waals surface area contributed by atoms with Crippen LogP contribution in [0, 0.1) is 5.92 Å². The molecule has 5 heteroatoms. The minimum Gasteiger partial charge on any atom is -0.465 e. The molecule has 3 atom stereocenters. The van der Waals surface area contributed by atoms with Crippen molar-refractivity contribution in [2.24, 2.45) is 5.92 Å². The summed E-state index contributed by atoms with van der Waals surface area (Å²) >= 11 is 0. The lowest BCUT2D eigenvalue weighted by Gasteiger charge is -2.34. The van der Waals surface area contributed by atoms with Gasteiger partial charge in [-0.05, 0) is 50.0 Å². The summed E-state index contributed by atoms with van der Waals surface area (Å²) in [6.45, 7) is 5.43. The van der Waals surface area contributed by atoms with Crippen LogP contribution in [0.2, 0.25) is 0 Å². The Balaban J connectivity index is 2.15.